The lowest BCUT2D eigenvalue weighted by atomic mass is 10.1. The van der Waals surface area contributed by atoms with Crippen molar-refractivity contribution < 1.29 is 0 Å². The lowest BCUT2D eigenvalue weighted by molar-refractivity contribution is 0.576. The smallest absolute Gasteiger partial charge is 0.185 e. The standard InChI is InChI=1S/C11H19N3S/c1-9(12)7-10-8-15-11(13-10)14-5-3-2-4-6-14/h8-9H,2-7,12H2,1H3. The molecule has 1 unspecified atom stereocenters. The van der Waals surface area contributed by atoms with Crippen LogP contribution in [-0.2, 0) is 6.42 Å². The summed E-state index contributed by atoms with van der Waals surface area (Å²) in [6, 6.07) is 0.210. The number of anilines is 1. The van der Waals surface area contributed by atoms with Gasteiger partial charge < -0.3 is 10.6 Å². The third-order valence-electron chi connectivity index (χ3n) is 2.70. The predicted octanol–water partition coefficient (Wildman–Crippen LogP) is 2.02. The largest absolute Gasteiger partial charge is 0.348 e. The van der Waals surface area contributed by atoms with Gasteiger partial charge in [0.2, 0.25) is 0 Å². The maximum atomic E-state index is 5.76. The summed E-state index contributed by atoms with van der Waals surface area (Å²) in [7, 11) is 0. The lowest BCUT2D eigenvalue weighted by Gasteiger charge is -2.25. The van der Waals surface area contributed by atoms with Crippen LogP contribution < -0.4 is 10.6 Å². The molecule has 0 amide bonds. The van der Waals surface area contributed by atoms with E-state index in [9.17, 15) is 0 Å². The highest BCUT2D eigenvalue weighted by atomic mass is 32.1. The van der Waals surface area contributed by atoms with Crippen molar-refractivity contribution in [3.05, 3.63) is 11.1 Å². The minimum absolute atomic E-state index is 0.210. The number of hydrogen-bond donors (Lipinski definition) is 1. The molecule has 0 spiro atoms. The highest BCUT2D eigenvalue weighted by Crippen LogP contribution is 2.24. The quantitative estimate of drug-likeness (QED) is 0.856. The van der Waals surface area contributed by atoms with Gasteiger partial charge >= 0.3 is 0 Å². The predicted molar refractivity (Wildman–Crippen MR) is 65.5 cm³/mol. The van der Waals surface area contributed by atoms with Crippen LogP contribution in [0, 0.1) is 0 Å². The van der Waals surface area contributed by atoms with Crippen molar-refractivity contribution in [2.45, 2.75) is 38.6 Å². The van der Waals surface area contributed by atoms with Gasteiger partial charge in [-0.2, -0.15) is 0 Å². The summed E-state index contributed by atoms with van der Waals surface area (Å²) >= 11 is 1.76. The summed E-state index contributed by atoms with van der Waals surface area (Å²) < 4.78 is 0. The summed E-state index contributed by atoms with van der Waals surface area (Å²) in [5, 5.41) is 3.33. The van der Waals surface area contributed by atoms with Crippen molar-refractivity contribution in [2.75, 3.05) is 18.0 Å². The summed E-state index contributed by atoms with van der Waals surface area (Å²) in [6.45, 7) is 4.37. The Morgan fingerprint density at radius 2 is 2.20 bits per heavy atom. The van der Waals surface area contributed by atoms with Gasteiger partial charge in [0.25, 0.3) is 0 Å². The third kappa shape index (κ3) is 2.92. The summed E-state index contributed by atoms with van der Waals surface area (Å²) in [4.78, 5) is 7.04. The first-order chi connectivity index (χ1) is 7.25. The first-order valence-corrected chi connectivity index (χ1v) is 6.58. The number of rotatable bonds is 3. The maximum absolute atomic E-state index is 5.76. The minimum atomic E-state index is 0.210. The van der Waals surface area contributed by atoms with Gasteiger partial charge in [0.1, 0.15) is 0 Å². The molecule has 4 heteroatoms. The van der Waals surface area contributed by atoms with E-state index in [0.29, 0.717) is 0 Å². The van der Waals surface area contributed by atoms with Crippen LogP contribution in [0.5, 0.6) is 0 Å². The molecule has 1 atom stereocenters. The zero-order valence-corrected chi connectivity index (χ0v) is 10.1. The Labute approximate surface area is 95.3 Å². The molecule has 1 aromatic heterocycles. The van der Waals surface area contributed by atoms with E-state index in [-0.39, 0.29) is 6.04 Å². The van der Waals surface area contributed by atoms with Crippen molar-refractivity contribution in [2.24, 2.45) is 5.73 Å². The van der Waals surface area contributed by atoms with Crippen molar-refractivity contribution in [1.82, 2.24) is 4.98 Å². The highest BCUT2D eigenvalue weighted by molar-refractivity contribution is 7.13. The number of nitrogens with zero attached hydrogens (tertiary/aromatic N) is 2. The molecule has 1 saturated heterocycles. The Balaban J connectivity index is 1.99. The fourth-order valence-electron chi connectivity index (χ4n) is 1.95. The normalized spacial score (nSPS) is 19.2. The fraction of sp³-hybridized carbons (Fsp3) is 0.727. The van der Waals surface area contributed by atoms with Gasteiger partial charge in [-0.15, -0.1) is 11.3 Å². The Morgan fingerprint density at radius 1 is 1.47 bits per heavy atom. The zero-order valence-electron chi connectivity index (χ0n) is 9.28. The Morgan fingerprint density at radius 3 is 2.87 bits per heavy atom. The average molecular weight is 225 g/mol. The second-order valence-corrected chi connectivity index (χ2v) is 5.19. The molecule has 1 aliphatic rings. The van der Waals surface area contributed by atoms with E-state index in [1.807, 2.05) is 6.92 Å². The topological polar surface area (TPSA) is 42.1 Å². The van der Waals surface area contributed by atoms with E-state index >= 15 is 0 Å². The zero-order chi connectivity index (χ0) is 10.7. The lowest BCUT2D eigenvalue weighted by Crippen LogP contribution is -2.29. The van der Waals surface area contributed by atoms with E-state index in [4.69, 9.17) is 5.73 Å². The Kier molecular flexibility index (Phi) is 3.59. The van der Waals surface area contributed by atoms with Crippen LogP contribution in [0.25, 0.3) is 0 Å². The van der Waals surface area contributed by atoms with Crippen LogP contribution in [0.1, 0.15) is 31.9 Å². The van der Waals surface area contributed by atoms with Gasteiger partial charge in [0, 0.05) is 30.9 Å². The van der Waals surface area contributed by atoms with E-state index in [0.717, 1.165) is 12.1 Å². The van der Waals surface area contributed by atoms with Gasteiger partial charge in [-0.05, 0) is 26.2 Å². The van der Waals surface area contributed by atoms with Crippen molar-refractivity contribution in [3.8, 4) is 0 Å². The maximum Gasteiger partial charge on any atom is 0.185 e. The van der Waals surface area contributed by atoms with E-state index in [1.54, 1.807) is 11.3 Å². The van der Waals surface area contributed by atoms with Crippen LogP contribution in [0.4, 0.5) is 5.13 Å². The van der Waals surface area contributed by atoms with Gasteiger partial charge in [0.05, 0.1) is 5.69 Å². The minimum Gasteiger partial charge on any atom is -0.348 e. The molecule has 15 heavy (non-hydrogen) atoms. The molecule has 1 aliphatic heterocycles. The van der Waals surface area contributed by atoms with Crippen LogP contribution in [0.15, 0.2) is 5.38 Å². The van der Waals surface area contributed by atoms with Gasteiger partial charge in [-0.3, -0.25) is 0 Å². The number of nitrogens with two attached hydrogens (primary N) is 1. The van der Waals surface area contributed by atoms with Gasteiger partial charge in [-0.1, -0.05) is 0 Å². The number of piperidine rings is 1. The Bertz CT molecular complexity index is 303. The molecular weight excluding hydrogens is 206 g/mol. The first kappa shape index (κ1) is 10.9. The van der Waals surface area contributed by atoms with Crippen LogP contribution in [0.3, 0.4) is 0 Å². The van der Waals surface area contributed by atoms with Crippen molar-refractivity contribution >= 4 is 16.5 Å². The summed E-state index contributed by atoms with van der Waals surface area (Å²) in [5.74, 6) is 0. The van der Waals surface area contributed by atoms with E-state index < -0.39 is 0 Å². The molecule has 0 radical (unpaired) electrons. The van der Waals surface area contributed by atoms with E-state index in [2.05, 4.69) is 15.3 Å². The Hall–Kier alpha value is -0.610. The molecule has 2 heterocycles. The number of aromatic nitrogens is 1. The summed E-state index contributed by atoms with van der Waals surface area (Å²) in [5.41, 5.74) is 6.91. The fourth-order valence-corrected chi connectivity index (χ4v) is 2.84. The van der Waals surface area contributed by atoms with Crippen molar-refractivity contribution in [1.29, 1.82) is 0 Å². The van der Waals surface area contributed by atoms with Crippen molar-refractivity contribution in [3.63, 3.8) is 0 Å². The van der Waals surface area contributed by atoms with Gasteiger partial charge in [0.15, 0.2) is 5.13 Å². The molecule has 0 aliphatic carbocycles. The van der Waals surface area contributed by atoms with Crippen LogP contribution in [0.2, 0.25) is 0 Å². The third-order valence-corrected chi connectivity index (χ3v) is 3.65. The highest BCUT2D eigenvalue weighted by Gasteiger charge is 2.14. The number of thiazole rings is 1. The molecule has 84 valence electrons. The molecule has 0 aromatic carbocycles. The number of hydrogen-bond acceptors (Lipinski definition) is 4. The first-order valence-electron chi connectivity index (χ1n) is 5.70. The molecule has 0 bridgehead atoms. The average Bonchev–Trinajstić information content (AvgIpc) is 2.67. The van der Waals surface area contributed by atoms with Gasteiger partial charge in [-0.25, -0.2) is 4.98 Å². The second kappa shape index (κ2) is 4.94. The van der Waals surface area contributed by atoms with Crippen LogP contribution in [-0.4, -0.2) is 24.1 Å². The second-order valence-electron chi connectivity index (χ2n) is 4.35. The SMILES string of the molecule is CC(N)Cc1csc(N2CCCCC2)n1. The van der Waals surface area contributed by atoms with E-state index in [1.165, 1.54) is 37.5 Å². The molecular formula is C11H19N3S. The summed E-state index contributed by atoms with van der Waals surface area (Å²) in [6.07, 6.45) is 4.88. The molecule has 3 nitrogen and oxygen atoms in total. The molecule has 1 fully saturated rings. The molecule has 0 saturated carbocycles. The monoisotopic (exact) mass is 225 g/mol. The molecule has 2 N–H and O–H groups in total. The molecule has 1 aromatic rings. The van der Waals surface area contributed by atoms with Crippen LogP contribution >= 0.6 is 11.3 Å². The molecule has 2 rings (SSSR count).